The molecule has 7 aromatic carbocycles. The van der Waals surface area contributed by atoms with Gasteiger partial charge in [0.25, 0.3) is 0 Å². The predicted molar refractivity (Wildman–Crippen MR) is 200 cm³/mol. The Balaban J connectivity index is 1.25. The molecule has 230 valence electrons. The van der Waals surface area contributed by atoms with Crippen molar-refractivity contribution in [3.8, 4) is 51.8 Å². The minimum Gasteiger partial charge on any atom is -0.309 e. The maximum atomic E-state index is 10.6. The van der Waals surface area contributed by atoms with Crippen LogP contribution in [-0.4, -0.2) is 9.13 Å². The van der Waals surface area contributed by atoms with E-state index in [0.717, 1.165) is 77.2 Å². The van der Waals surface area contributed by atoms with E-state index in [-0.39, 0.29) is 0 Å². The van der Waals surface area contributed by atoms with E-state index >= 15 is 0 Å². The van der Waals surface area contributed by atoms with Gasteiger partial charge in [0.2, 0.25) is 0 Å². The van der Waals surface area contributed by atoms with Crippen molar-refractivity contribution < 1.29 is 0 Å². The third kappa shape index (κ3) is 4.24. The number of hydrogen-bond acceptors (Lipinski definition) is 3. The fraction of sp³-hybridized carbons (Fsp3) is 0. The van der Waals surface area contributed by atoms with Crippen LogP contribution in [0.2, 0.25) is 0 Å². The maximum Gasteiger partial charge on any atom is 0.101 e. The van der Waals surface area contributed by atoms with Crippen molar-refractivity contribution >= 4 is 43.6 Å². The van der Waals surface area contributed by atoms with Crippen LogP contribution in [0.1, 0.15) is 16.7 Å². The molecule has 0 saturated heterocycles. The first-order valence-corrected chi connectivity index (χ1v) is 16.3. The molecule has 5 heteroatoms. The lowest BCUT2D eigenvalue weighted by molar-refractivity contribution is 1.16. The Morgan fingerprint density at radius 1 is 0.380 bits per heavy atom. The number of aromatic nitrogens is 2. The number of nitriles is 3. The Hall–Kier alpha value is -7.39. The lowest BCUT2D eigenvalue weighted by Crippen LogP contribution is -2.00. The normalized spacial score (nSPS) is 11.1. The van der Waals surface area contributed by atoms with Crippen molar-refractivity contribution in [2.24, 2.45) is 0 Å². The highest BCUT2D eigenvalue weighted by atomic mass is 15.0. The molecule has 0 N–H and O–H groups in total. The van der Waals surface area contributed by atoms with E-state index in [1.54, 1.807) is 0 Å². The number of benzene rings is 7. The SMILES string of the molecule is N#Cc1ccc2c(c1)c1ccccc1n2-c1ccccc1-c1ccccc1-c1ccc(-n2c3ccccc3c3cccc(C#N)c32)c(C#N)c1. The van der Waals surface area contributed by atoms with Gasteiger partial charge in [0.1, 0.15) is 12.1 Å². The van der Waals surface area contributed by atoms with Crippen molar-refractivity contribution in [3.05, 3.63) is 168 Å². The molecule has 0 amide bonds. The second-order valence-electron chi connectivity index (χ2n) is 12.3. The van der Waals surface area contributed by atoms with E-state index in [1.165, 1.54) is 0 Å². The molecule has 0 aliphatic heterocycles. The molecule has 9 aromatic rings. The topological polar surface area (TPSA) is 81.2 Å². The van der Waals surface area contributed by atoms with Gasteiger partial charge in [-0.3, -0.25) is 0 Å². The second-order valence-corrected chi connectivity index (χ2v) is 12.3. The van der Waals surface area contributed by atoms with Crippen molar-refractivity contribution in [2.75, 3.05) is 0 Å². The molecule has 50 heavy (non-hydrogen) atoms. The number of nitrogens with zero attached hydrogens (tertiary/aromatic N) is 5. The molecule has 5 nitrogen and oxygen atoms in total. The largest absolute Gasteiger partial charge is 0.309 e. The van der Waals surface area contributed by atoms with Crippen LogP contribution >= 0.6 is 0 Å². The van der Waals surface area contributed by atoms with Crippen molar-refractivity contribution in [3.63, 3.8) is 0 Å². The quantitative estimate of drug-likeness (QED) is 0.193. The summed E-state index contributed by atoms with van der Waals surface area (Å²) in [6, 6.07) is 57.8. The minimum atomic E-state index is 0.511. The molecule has 0 unspecified atom stereocenters. The van der Waals surface area contributed by atoms with Crippen LogP contribution in [0.5, 0.6) is 0 Å². The van der Waals surface area contributed by atoms with Crippen molar-refractivity contribution in [2.45, 2.75) is 0 Å². The lowest BCUT2D eigenvalue weighted by atomic mass is 9.92. The van der Waals surface area contributed by atoms with Gasteiger partial charge in [-0.15, -0.1) is 0 Å². The molecule has 0 bridgehead atoms. The van der Waals surface area contributed by atoms with E-state index in [4.69, 9.17) is 0 Å². The van der Waals surface area contributed by atoms with Gasteiger partial charge in [0.15, 0.2) is 0 Å². The Morgan fingerprint density at radius 3 is 1.76 bits per heavy atom. The number of rotatable bonds is 4. The summed E-state index contributed by atoms with van der Waals surface area (Å²) < 4.78 is 4.32. The molecule has 0 aliphatic carbocycles. The Morgan fingerprint density at radius 2 is 1.00 bits per heavy atom. The molecule has 0 fully saturated rings. The van der Waals surface area contributed by atoms with Crippen LogP contribution in [-0.2, 0) is 0 Å². The van der Waals surface area contributed by atoms with Crippen molar-refractivity contribution in [1.29, 1.82) is 15.8 Å². The first-order chi connectivity index (χ1) is 24.7. The Bertz CT molecular complexity index is 2970. The molecule has 0 aliphatic rings. The summed E-state index contributed by atoms with van der Waals surface area (Å²) in [5.74, 6) is 0. The third-order valence-corrected chi connectivity index (χ3v) is 9.65. The van der Waals surface area contributed by atoms with Gasteiger partial charge >= 0.3 is 0 Å². The zero-order valence-corrected chi connectivity index (χ0v) is 26.7. The van der Waals surface area contributed by atoms with Gasteiger partial charge in [0.05, 0.1) is 56.2 Å². The van der Waals surface area contributed by atoms with Gasteiger partial charge in [-0.2, -0.15) is 15.8 Å². The number of para-hydroxylation sites is 4. The monoisotopic (exact) mass is 635 g/mol. The standard InChI is InChI=1S/C45H25N5/c46-26-29-20-22-44-39(24-29)37-15-5-7-18-42(37)49(44)41-17-6-3-13-35(41)34-12-2-1-11-33(34)30-21-23-40(32(25-30)28-48)50-43-19-8-4-14-36(43)38-16-9-10-31(27-47)45(38)50/h1-25H. The van der Waals surface area contributed by atoms with Gasteiger partial charge in [0, 0.05) is 27.1 Å². The molecule has 0 radical (unpaired) electrons. The van der Waals surface area contributed by atoms with E-state index in [2.05, 4.69) is 83.4 Å². The maximum absolute atomic E-state index is 10.6. The molecular weight excluding hydrogens is 611 g/mol. The summed E-state index contributed by atoms with van der Waals surface area (Å²) in [5.41, 5.74) is 11.2. The molecule has 0 spiro atoms. The summed E-state index contributed by atoms with van der Waals surface area (Å²) in [5, 5.41) is 34.5. The summed E-state index contributed by atoms with van der Waals surface area (Å²) >= 11 is 0. The molecule has 0 saturated carbocycles. The molecular formula is C45H25N5. The summed E-state index contributed by atoms with van der Waals surface area (Å²) in [6.45, 7) is 0. The number of hydrogen-bond donors (Lipinski definition) is 0. The average Bonchev–Trinajstić information content (AvgIpc) is 3.70. The predicted octanol–water partition coefficient (Wildman–Crippen LogP) is 10.8. The van der Waals surface area contributed by atoms with Gasteiger partial charge in [-0.1, -0.05) is 97.1 Å². The van der Waals surface area contributed by atoms with E-state index in [9.17, 15) is 15.8 Å². The fourth-order valence-corrected chi connectivity index (χ4v) is 7.52. The zero-order chi connectivity index (χ0) is 33.8. The average molecular weight is 636 g/mol. The fourth-order valence-electron chi connectivity index (χ4n) is 7.52. The molecule has 2 heterocycles. The first-order valence-electron chi connectivity index (χ1n) is 16.3. The Labute approximate surface area is 287 Å². The van der Waals surface area contributed by atoms with Gasteiger partial charge < -0.3 is 9.13 Å². The van der Waals surface area contributed by atoms with Gasteiger partial charge in [-0.25, -0.2) is 0 Å². The Kier molecular flexibility index (Phi) is 6.56. The van der Waals surface area contributed by atoms with Crippen LogP contribution in [0.3, 0.4) is 0 Å². The van der Waals surface area contributed by atoms with Crippen LogP contribution in [0.25, 0.3) is 77.2 Å². The lowest BCUT2D eigenvalue weighted by Gasteiger charge is -2.18. The zero-order valence-electron chi connectivity index (χ0n) is 26.7. The second kappa shape index (κ2) is 11.4. The van der Waals surface area contributed by atoms with E-state index in [0.29, 0.717) is 16.7 Å². The van der Waals surface area contributed by atoms with Gasteiger partial charge in [-0.05, 0) is 71.3 Å². The highest BCUT2D eigenvalue weighted by molar-refractivity contribution is 6.12. The molecule has 2 aromatic heterocycles. The summed E-state index contributed by atoms with van der Waals surface area (Å²) in [6.07, 6.45) is 0. The first kappa shape index (κ1) is 28.8. The van der Waals surface area contributed by atoms with Crippen LogP contribution in [0.15, 0.2) is 152 Å². The van der Waals surface area contributed by atoms with Crippen LogP contribution in [0.4, 0.5) is 0 Å². The smallest absolute Gasteiger partial charge is 0.101 e. The van der Waals surface area contributed by atoms with Crippen LogP contribution in [0, 0.1) is 34.0 Å². The highest BCUT2D eigenvalue weighted by Gasteiger charge is 2.20. The minimum absolute atomic E-state index is 0.511. The van der Waals surface area contributed by atoms with Crippen LogP contribution < -0.4 is 0 Å². The van der Waals surface area contributed by atoms with E-state index in [1.807, 2.05) is 95.6 Å². The summed E-state index contributed by atoms with van der Waals surface area (Å²) in [7, 11) is 0. The highest BCUT2D eigenvalue weighted by Crippen LogP contribution is 2.41. The van der Waals surface area contributed by atoms with E-state index < -0.39 is 0 Å². The molecule has 9 rings (SSSR count). The van der Waals surface area contributed by atoms with Crippen molar-refractivity contribution in [1.82, 2.24) is 9.13 Å². The molecule has 0 atom stereocenters. The number of fused-ring (bicyclic) bond motifs is 6. The third-order valence-electron chi connectivity index (χ3n) is 9.65. The summed E-state index contributed by atoms with van der Waals surface area (Å²) in [4.78, 5) is 0.